The highest BCUT2D eigenvalue weighted by Gasteiger charge is 2.21. The molecule has 1 fully saturated rings. The van der Waals surface area contributed by atoms with E-state index in [4.69, 9.17) is 23.2 Å². The van der Waals surface area contributed by atoms with E-state index in [0.29, 0.717) is 11.4 Å². The van der Waals surface area contributed by atoms with Crippen molar-refractivity contribution in [3.05, 3.63) is 28.2 Å². The highest BCUT2D eigenvalue weighted by Crippen LogP contribution is 2.24. The maximum Gasteiger partial charge on any atom is 0.242 e. The Labute approximate surface area is 159 Å². The first-order valence-corrected chi connectivity index (χ1v) is 10.8. The lowest BCUT2D eigenvalue weighted by molar-refractivity contribution is -0.125. The lowest BCUT2D eigenvalue weighted by Gasteiger charge is -2.24. The van der Waals surface area contributed by atoms with Crippen LogP contribution in [0.25, 0.3) is 0 Å². The van der Waals surface area contributed by atoms with Gasteiger partial charge >= 0.3 is 0 Å². The van der Waals surface area contributed by atoms with Crippen LogP contribution in [0.15, 0.2) is 23.1 Å². The van der Waals surface area contributed by atoms with E-state index in [1.165, 1.54) is 24.6 Å². The molecule has 1 unspecified atom stereocenters. The molecule has 1 amide bonds. The van der Waals surface area contributed by atoms with Crippen LogP contribution in [-0.2, 0) is 14.8 Å². The Balaban J connectivity index is 1.83. The molecule has 1 aromatic rings. The molecule has 1 saturated carbocycles. The smallest absolute Gasteiger partial charge is 0.242 e. The van der Waals surface area contributed by atoms with Gasteiger partial charge in [0.2, 0.25) is 15.9 Å². The second-order valence-electron chi connectivity index (χ2n) is 6.51. The van der Waals surface area contributed by atoms with Crippen LogP contribution >= 0.6 is 23.2 Å². The van der Waals surface area contributed by atoms with Crippen molar-refractivity contribution in [3.63, 3.8) is 0 Å². The number of halogens is 2. The van der Waals surface area contributed by atoms with Crippen LogP contribution in [-0.4, -0.2) is 26.9 Å². The molecule has 1 atom stereocenters. The van der Waals surface area contributed by atoms with Crippen molar-refractivity contribution < 1.29 is 13.2 Å². The zero-order chi connectivity index (χ0) is 18.4. The summed E-state index contributed by atoms with van der Waals surface area (Å²) in [6.07, 6.45) is 6.02. The van der Waals surface area contributed by atoms with Crippen LogP contribution in [0, 0.1) is 5.92 Å². The average molecular weight is 407 g/mol. The van der Waals surface area contributed by atoms with E-state index in [9.17, 15) is 13.2 Å². The van der Waals surface area contributed by atoms with Gasteiger partial charge in [-0.1, -0.05) is 49.4 Å². The van der Waals surface area contributed by atoms with E-state index >= 15 is 0 Å². The zero-order valence-corrected chi connectivity index (χ0v) is 16.6. The van der Waals surface area contributed by atoms with Crippen molar-refractivity contribution in [1.82, 2.24) is 10.0 Å². The van der Waals surface area contributed by atoms with E-state index < -0.39 is 10.0 Å². The Hall–Kier alpha value is -0.820. The highest BCUT2D eigenvalue weighted by atomic mass is 35.5. The molecule has 1 aliphatic carbocycles. The standard InChI is InChI=1S/C17H24Cl2N2O3S/c1-12(17(22)21-14-5-3-2-4-6-14)9-10-20-25(23,24)16-8-7-13(18)11-15(16)19/h7-8,11-12,14,20H,2-6,9-10H2,1H3,(H,21,22). The first-order chi connectivity index (χ1) is 11.8. The summed E-state index contributed by atoms with van der Waals surface area (Å²) < 4.78 is 27.1. The number of benzene rings is 1. The fourth-order valence-electron chi connectivity index (χ4n) is 2.90. The maximum atomic E-state index is 12.3. The molecular formula is C17H24Cl2N2O3S. The first-order valence-electron chi connectivity index (χ1n) is 8.54. The Morgan fingerprint density at radius 3 is 2.56 bits per heavy atom. The molecule has 0 saturated heterocycles. The average Bonchev–Trinajstić information content (AvgIpc) is 2.55. The van der Waals surface area contributed by atoms with E-state index in [0.717, 1.165) is 25.7 Å². The van der Waals surface area contributed by atoms with Crippen LogP contribution < -0.4 is 10.0 Å². The predicted octanol–water partition coefficient (Wildman–Crippen LogP) is 3.75. The largest absolute Gasteiger partial charge is 0.353 e. The molecule has 1 aliphatic rings. The van der Waals surface area contributed by atoms with E-state index in [1.807, 2.05) is 6.92 Å². The molecule has 0 radical (unpaired) electrons. The lowest BCUT2D eigenvalue weighted by atomic mass is 9.95. The van der Waals surface area contributed by atoms with Gasteiger partial charge in [0.25, 0.3) is 0 Å². The summed E-state index contributed by atoms with van der Waals surface area (Å²) in [6, 6.07) is 4.49. The van der Waals surface area contributed by atoms with Gasteiger partial charge in [-0.05, 0) is 37.5 Å². The Morgan fingerprint density at radius 2 is 1.92 bits per heavy atom. The molecule has 8 heteroatoms. The summed E-state index contributed by atoms with van der Waals surface area (Å²) in [5.41, 5.74) is 0. The number of amides is 1. The summed E-state index contributed by atoms with van der Waals surface area (Å²) in [5.74, 6) is -0.277. The zero-order valence-electron chi connectivity index (χ0n) is 14.2. The Kier molecular flexibility index (Phi) is 7.55. The minimum absolute atomic E-state index is 0.0159. The molecule has 5 nitrogen and oxygen atoms in total. The summed E-state index contributed by atoms with van der Waals surface area (Å²) >= 11 is 11.7. The second kappa shape index (κ2) is 9.21. The van der Waals surface area contributed by atoms with E-state index in [2.05, 4.69) is 10.0 Å². The number of carbonyl (C=O) groups is 1. The fraction of sp³-hybridized carbons (Fsp3) is 0.588. The van der Waals surface area contributed by atoms with Crippen LogP contribution in [0.1, 0.15) is 45.4 Å². The minimum Gasteiger partial charge on any atom is -0.353 e. The van der Waals surface area contributed by atoms with Crippen molar-refractivity contribution in [2.75, 3.05) is 6.54 Å². The molecule has 2 rings (SSSR count). The van der Waals surface area contributed by atoms with E-state index in [1.54, 1.807) is 0 Å². The monoisotopic (exact) mass is 406 g/mol. The maximum absolute atomic E-state index is 12.3. The number of rotatable bonds is 7. The van der Waals surface area contributed by atoms with Crippen LogP contribution in [0.3, 0.4) is 0 Å². The molecule has 25 heavy (non-hydrogen) atoms. The molecular weight excluding hydrogens is 383 g/mol. The molecule has 1 aromatic carbocycles. The Bertz CT molecular complexity index is 704. The van der Waals surface area contributed by atoms with Gasteiger partial charge in [0.15, 0.2) is 0 Å². The fourth-order valence-corrected chi connectivity index (χ4v) is 4.72. The third kappa shape index (κ3) is 6.13. The molecule has 0 spiro atoms. The SMILES string of the molecule is CC(CCNS(=O)(=O)c1ccc(Cl)cc1Cl)C(=O)NC1CCCCC1. The van der Waals surface area contributed by atoms with Crippen molar-refractivity contribution in [1.29, 1.82) is 0 Å². The van der Waals surface area contributed by atoms with Gasteiger partial charge in [0, 0.05) is 23.5 Å². The Morgan fingerprint density at radius 1 is 1.24 bits per heavy atom. The van der Waals surface area contributed by atoms with Gasteiger partial charge in [0.05, 0.1) is 5.02 Å². The number of hydrogen-bond donors (Lipinski definition) is 2. The van der Waals surface area contributed by atoms with Crippen molar-refractivity contribution in [2.45, 2.75) is 56.4 Å². The van der Waals surface area contributed by atoms with Gasteiger partial charge in [-0.2, -0.15) is 0 Å². The summed E-state index contributed by atoms with van der Waals surface area (Å²) in [5, 5.41) is 3.51. The third-order valence-corrected chi connectivity index (χ3v) is 6.63. The number of hydrogen-bond acceptors (Lipinski definition) is 3. The van der Waals surface area contributed by atoms with Crippen molar-refractivity contribution in [2.24, 2.45) is 5.92 Å². The molecule has 2 N–H and O–H groups in total. The van der Waals surface area contributed by atoms with E-state index in [-0.39, 0.29) is 34.3 Å². The summed E-state index contributed by atoms with van der Waals surface area (Å²) in [4.78, 5) is 12.2. The topological polar surface area (TPSA) is 75.3 Å². The molecule has 140 valence electrons. The van der Waals surface area contributed by atoms with Crippen molar-refractivity contribution >= 4 is 39.1 Å². The number of nitrogens with one attached hydrogen (secondary N) is 2. The van der Waals surface area contributed by atoms with Crippen LogP contribution in [0.4, 0.5) is 0 Å². The van der Waals surface area contributed by atoms with Gasteiger partial charge in [-0.25, -0.2) is 13.1 Å². The number of carbonyl (C=O) groups excluding carboxylic acids is 1. The highest BCUT2D eigenvalue weighted by molar-refractivity contribution is 7.89. The van der Waals surface area contributed by atoms with Gasteiger partial charge in [0.1, 0.15) is 4.90 Å². The normalized spacial score (nSPS) is 17.2. The van der Waals surface area contributed by atoms with Gasteiger partial charge in [-0.15, -0.1) is 0 Å². The van der Waals surface area contributed by atoms with Crippen molar-refractivity contribution in [3.8, 4) is 0 Å². The summed E-state index contributed by atoms with van der Waals surface area (Å²) in [7, 11) is -3.73. The quantitative estimate of drug-likeness (QED) is 0.723. The van der Waals surface area contributed by atoms with Crippen LogP contribution in [0.5, 0.6) is 0 Å². The minimum atomic E-state index is -3.73. The van der Waals surface area contributed by atoms with Crippen LogP contribution in [0.2, 0.25) is 10.0 Å². The predicted molar refractivity (Wildman–Crippen MR) is 100 cm³/mol. The molecule has 0 aliphatic heterocycles. The second-order valence-corrected chi connectivity index (χ2v) is 9.08. The molecule has 0 bridgehead atoms. The third-order valence-electron chi connectivity index (χ3n) is 4.45. The van der Waals surface area contributed by atoms with Gasteiger partial charge < -0.3 is 5.32 Å². The molecule has 0 aromatic heterocycles. The van der Waals surface area contributed by atoms with Gasteiger partial charge in [-0.3, -0.25) is 4.79 Å². The molecule has 0 heterocycles. The summed E-state index contributed by atoms with van der Waals surface area (Å²) in [6.45, 7) is 1.97. The number of sulfonamides is 1. The first kappa shape index (κ1) is 20.5. The lowest BCUT2D eigenvalue weighted by Crippen LogP contribution is -2.40.